The van der Waals surface area contributed by atoms with E-state index >= 15 is 0 Å². The van der Waals surface area contributed by atoms with E-state index in [1.54, 1.807) is 12.4 Å². The molecule has 1 saturated heterocycles. The van der Waals surface area contributed by atoms with Crippen LogP contribution in [-0.2, 0) is 16.0 Å². The maximum absolute atomic E-state index is 12.9. The number of hydrogen-bond acceptors (Lipinski definition) is 7. The van der Waals surface area contributed by atoms with E-state index in [9.17, 15) is 4.79 Å². The molecule has 2 aliphatic rings. The number of ketones is 1. The number of oxazole rings is 1. The van der Waals surface area contributed by atoms with Crippen LogP contribution in [0.3, 0.4) is 0 Å². The summed E-state index contributed by atoms with van der Waals surface area (Å²) in [4.78, 5) is 28.7. The van der Waals surface area contributed by atoms with Crippen LogP contribution < -0.4 is 0 Å². The highest BCUT2D eigenvalue weighted by molar-refractivity contribution is 5.85. The molecule has 1 saturated carbocycles. The number of likely N-dealkylation sites (N-methyl/N-ethyl adjacent to an activating group) is 1. The summed E-state index contributed by atoms with van der Waals surface area (Å²) >= 11 is 0. The quantitative estimate of drug-likeness (QED) is 0.603. The van der Waals surface area contributed by atoms with E-state index in [2.05, 4.69) is 26.9 Å². The second-order valence-corrected chi connectivity index (χ2v) is 8.81. The summed E-state index contributed by atoms with van der Waals surface area (Å²) in [6, 6.07) is 7.03. The molecule has 3 aromatic rings. The third-order valence-corrected chi connectivity index (χ3v) is 6.80. The lowest BCUT2D eigenvalue weighted by Crippen LogP contribution is -2.52. The predicted octanol–water partition coefficient (Wildman–Crippen LogP) is 3.59. The van der Waals surface area contributed by atoms with Crippen LogP contribution in [0.2, 0.25) is 0 Å². The fourth-order valence-corrected chi connectivity index (χ4v) is 4.66. The highest BCUT2D eigenvalue weighted by Crippen LogP contribution is 2.30. The number of carbonyl (C=O) groups excluding carboxylic acids is 1. The third kappa shape index (κ3) is 4.25. The Morgan fingerprint density at radius 2 is 1.90 bits per heavy atom. The van der Waals surface area contributed by atoms with Gasteiger partial charge in [-0.05, 0) is 38.8 Å². The summed E-state index contributed by atoms with van der Waals surface area (Å²) in [5.41, 5.74) is 1.74. The highest BCUT2D eigenvalue weighted by atomic mass is 16.5. The Labute approximate surface area is 181 Å². The summed E-state index contributed by atoms with van der Waals surface area (Å²) in [5.74, 6) is 2.31. The van der Waals surface area contributed by atoms with Crippen LogP contribution in [0.5, 0.6) is 0 Å². The zero-order valence-electron chi connectivity index (χ0n) is 18.1. The largest absolute Gasteiger partial charge is 0.441 e. The predicted molar refractivity (Wildman–Crippen MR) is 117 cm³/mol. The summed E-state index contributed by atoms with van der Waals surface area (Å²) in [6.45, 7) is 3.50. The summed E-state index contributed by atoms with van der Waals surface area (Å²) < 4.78 is 10.9. The van der Waals surface area contributed by atoms with Crippen molar-refractivity contribution in [2.24, 2.45) is 5.92 Å². The second-order valence-electron chi connectivity index (χ2n) is 8.81. The molecule has 1 aromatic carbocycles. The fraction of sp³-hybridized carbons (Fsp3) is 0.500. The van der Waals surface area contributed by atoms with E-state index in [1.807, 2.05) is 25.1 Å². The van der Waals surface area contributed by atoms with E-state index in [-0.39, 0.29) is 11.7 Å². The maximum Gasteiger partial charge on any atom is 0.191 e. The lowest BCUT2D eigenvalue weighted by atomic mass is 9.81. The molecule has 7 nitrogen and oxygen atoms in total. The number of hydrogen-bond donors (Lipinski definition) is 0. The van der Waals surface area contributed by atoms with Crippen molar-refractivity contribution in [2.75, 3.05) is 20.3 Å². The monoisotopic (exact) mass is 420 g/mol. The second kappa shape index (κ2) is 8.48. The van der Waals surface area contributed by atoms with Gasteiger partial charge in [0.15, 0.2) is 11.7 Å². The number of benzene rings is 1. The van der Waals surface area contributed by atoms with Gasteiger partial charge in [0, 0.05) is 36.0 Å². The van der Waals surface area contributed by atoms with E-state index in [4.69, 9.17) is 9.15 Å². The molecule has 2 fully saturated rings. The minimum absolute atomic E-state index is 0.116. The number of fused-ring (bicyclic) bond motifs is 1. The average molecular weight is 421 g/mol. The molecule has 0 bridgehead atoms. The van der Waals surface area contributed by atoms with E-state index in [0.29, 0.717) is 36.0 Å². The molecule has 0 amide bonds. The Morgan fingerprint density at radius 1 is 1.10 bits per heavy atom. The molecular formula is C24H28N4O3. The molecule has 5 rings (SSSR count). The zero-order valence-corrected chi connectivity index (χ0v) is 18.1. The molecule has 3 heterocycles. The smallest absolute Gasteiger partial charge is 0.191 e. The number of carbonyl (C=O) groups is 1. The highest BCUT2D eigenvalue weighted by Gasteiger charge is 2.33. The van der Waals surface area contributed by atoms with Crippen LogP contribution in [0.4, 0.5) is 0 Å². The number of rotatable bonds is 6. The fourth-order valence-electron chi connectivity index (χ4n) is 4.66. The van der Waals surface area contributed by atoms with Crippen molar-refractivity contribution in [3.63, 3.8) is 0 Å². The molecule has 2 aromatic heterocycles. The standard InChI is InChI=1S/C24H28N4O3/c1-15-25-12-23(31-15)17-3-4-18-11-26-24(27-21(18)9-17)10-22(29)16-5-7-19(8-6-16)28(2)20-13-30-14-20/h3-4,9,11-12,16,19-20H,5-8,10,13-14H2,1-2H3. The van der Waals surface area contributed by atoms with Crippen molar-refractivity contribution in [3.8, 4) is 11.3 Å². The van der Waals surface area contributed by atoms with E-state index in [1.165, 1.54) is 0 Å². The first-order valence-corrected chi connectivity index (χ1v) is 11.1. The van der Waals surface area contributed by atoms with E-state index < -0.39 is 0 Å². The SMILES string of the molecule is Cc1ncc(-c2ccc3cnc(CC(=O)C4CCC(N(C)C5COC5)CC4)nc3c2)o1. The van der Waals surface area contributed by atoms with Gasteiger partial charge >= 0.3 is 0 Å². The average Bonchev–Trinajstić information content (AvgIpc) is 3.18. The van der Waals surface area contributed by atoms with E-state index in [0.717, 1.165) is 55.4 Å². The van der Waals surface area contributed by atoms with Crippen LogP contribution in [0.15, 0.2) is 35.0 Å². The van der Waals surface area contributed by atoms with Gasteiger partial charge in [-0.1, -0.05) is 12.1 Å². The lowest BCUT2D eigenvalue weighted by molar-refractivity contribution is -0.124. The van der Waals surface area contributed by atoms with Gasteiger partial charge in [-0.2, -0.15) is 0 Å². The summed E-state index contributed by atoms with van der Waals surface area (Å²) in [6.07, 6.45) is 7.85. The van der Waals surface area contributed by atoms with Crippen molar-refractivity contribution in [2.45, 2.75) is 51.1 Å². The Balaban J connectivity index is 1.24. The van der Waals surface area contributed by atoms with Gasteiger partial charge in [0.1, 0.15) is 11.6 Å². The first-order valence-electron chi connectivity index (χ1n) is 11.1. The molecular weight excluding hydrogens is 392 g/mol. The summed E-state index contributed by atoms with van der Waals surface area (Å²) in [7, 11) is 2.19. The van der Waals surface area contributed by atoms with Gasteiger partial charge in [0.25, 0.3) is 0 Å². The first-order chi connectivity index (χ1) is 15.1. The maximum atomic E-state index is 12.9. The first kappa shape index (κ1) is 20.3. The number of nitrogens with zero attached hydrogens (tertiary/aromatic N) is 4. The molecule has 1 aliphatic carbocycles. The number of aromatic nitrogens is 3. The molecule has 1 aliphatic heterocycles. The van der Waals surface area contributed by atoms with Crippen molar-refractivity contribution >= 4 is 16.7 Å². The number of aryl methyl sites for hydroxylation is 1. The zero-order chi connectivity index (χ0) is 21.4. The topological polar surface area (TPSA) is 81.4 Å². The molecule has 0 spiro atoms. The number of ether oxygens (including phenoxy) is 1. The van der Waals surface area contributed by atoms with Crippen LogP contribution in [0, 0.1) is 12.8 Å². The Bertz CT molecular complexity index is 1080. The third-order valence-electron chi connectivity index (χ3n) is 6.80. The van der Waals surface area contributed by atoms with Gasteiger partial charge in [0.2, 0.25) is 0 Å². The summed E-state index contributed by atoms with van der Waals surface area (Å²) in [5, 5.41) is 0.944. The Hall–Kier alpha value is -2.64. The Kier molecular flexibility index (Phi) is 5.54. The minimum Gasteiger partial charge on any atom is -0.441 e. The van der Waals surface area contributed by atoms with Crippen molar-refractivity contribution < 1.29 is 13.9 Å². The molecule has 0 atom stereocenters. The molecule has 0 unspecified atom stereocenters. The molecule has 7 heteroatoms. The van der Waals surface area contributed by atoms with Crippen LogP contribution in [0.1, 0.15) is 37.4 Å². The Morgan fingerprint density at radius 3 is 2.58 bits per heavy atom. The lowest BCUT2D eigenvalue weighted by Gasteiger charge is -2.42. The normalized spacial score (nSPS) is 22.0. The molecule has 0 radical (unpaired) electrons. The number of Topliss-reactive ketones (excluding diaryl/α,β-unsaturated/α-hetero) is 1. The van der Waals surface area contributed by atoms with Crippen molar-refractivity contribution in [1.29, 1.82) is 0 Å². The molecule has 31 heavy (non-hydrogen) atoms. The van der Waals surface area contributed by atoms with Gasteiger partial charge in [-0.25, -0.2) is 15.0 Å². The molecule has 0 N–H and O–H groups in total. The molecule has 162 valence electrons. The van der Waals surface area contributed by atoms with Crippen molar-refractivity contribution in [3.05, 3.63) is 42.3 Å². The van der Waals surface area contributed by atoms with Crippen LogP contribution in [0.25, 0.3) is 22.2 Å². The van der Waals surface area contributed by atoms with Gasteiger partial charge in [-0.15, -0.1) is 0 Å². The minimum atomic E-state index is 0.116. The van der Waals surface area contributed by atoms with Crippen LogP contribution in [-0.4, -0.2) is 58.0 Å². The van der Waals surface area contributed by atoms with Crippen molar-refractivity contribution in [1.82, 2.24) is 19.9 Å². The van der Waals surface area contributed by atoms with Gasteiger partial charge < -0.3 is 9.15 Å². The van der Waals surface area contributed by atoms with Crippen LogP contribution >= 0.6 is 0 Å². The van der Waals surface area contributed by atoms with Gasteiger partial charge in [-0.3, -0.25) is 9.69 Å². The van der Waals surface area contributed by atoms with Gasteiger partial charge in [0.05, 0.1) is 37.4 Å².